The Morgan fingerprint density at radius 2 is 2.15 bits per heavy atom. The zero-order valence-corrected chi connectivity index (χ0v) is 19.7. The third-order valence-corrected chi connectivity index (χ3v) is 4.52. The summed E-state index contributed by atoms with van der Waals surface area (Å²) in [4.78, 5) is 17.1. The van der Waals surface area contributed by atoms with Crippen LogP contribution in [0.5, 0.6) is 0 Å². The number of hydrogen-bond acceptors (Lipinski definition) is 5. The first kappa shape index (κ1) is 22.0. The molecule has 1 saturated heterocycles. The SMILES string of the molecule is CN1CCCN(c2cc(=NCc3cccnc3)n3nc[c-]c3[nH]2)CC1.[CH3-].[Pr]. The number of fused-ring (bicyclic) bond motifs is 1. The molecular formula is C19H25N7Pr-2. The maximum atomic E-state index is 4.75. The number of nitrogens with one attached hydrogen (secondary N) is 1. The van der Waals surface area contributed by atoms with Gasteiger partial charge in [-0.05, 0) is 37.3 Å². The van der Waals surface area contributed by atoms with E-state index < -0.39 is 0 Å². The van der Waals surface area contributed by atoms with Crippen molar-refractivity contribution in [2.75, 3.05) is 38.1 Å². The number of nitrogens with zero attached hydrogens (tertiary/aromatic N) is 6. The smallest absolute Gasteiger partial charge is 0.151 e. The average molecular weight is 492 g/mol. The Morgan fingerprint density at radius 1 is 1.26 bits per heavy atom. The van der Waals surface area contributed by atoms with E-state index in [1.807, 2.05) is 18.3 Å². The molecule has 0 amide bonds. The molecule has 1 aliphatic rings. The minimum absolute atomic E-state index is 0. The van der Waals surface area contributed by atoms with Crippen molar-refractivity contribution in [2.45, 2.75) is 13.0 Å². The predicted molar refractivity (Wildman–Crippen MR) is 103 cm³/mol. The normalized spacial score (nSPS) is 15.9. The summed E-state index contributed by atoms with van der Waals surface area (Å²) in [5, 5.41) is 4.34. The third-order valence-electron chi connectivity index (χ3n) is 4.52. The van der Waals surface area contributed by atoms with Gasteiger partial charge in [0.05, 0.1) is 6.54 Å². The molecule has 1 fully saturated rings. The molecular weight excluding hydrogens is 467 g/mol. The average Bonchev–Trinajstić information content (AvgIpc) is 3.01. The van der Waals surface area contributed by atoms with Crippen LogP contribution < -0.4 is 10.4 Å². The molecule has 0 aromatic carbocycles. The first-order valence-electron chi connectivity index (χ1n) is 8.61. The molecule has 7 nitrogen and oxygen atoms in total. The van der Waals surface area contributed by atoms with Gasteiger partial charge in [-0.2, -0.15) is 0 Å². The van der Waals surface area contributed by atoms with Crippen LogP contribution in [-0.2, 0) is 6.54 Å². The van der Waals surface area contributed by atoms with Crippen molar-refractivity contribution < 1.29 is 41.3 Å². The Hall–Kier alpha value is -1.31. The van der Waals surface area contributed by atoms with E-state index in [9.17, 15) is 0 Å². The van der Waals surface area contributed by atoms with E-state index in [4.69, 9.17) is 4.99 Å². The summed E-state index contributed by atoms with van der Waals surface area (Å²) in [6.45, 7) is 4.81. The van der Waals surface area contributed by atoms with Gasteiger partial charge in [0.25, 0.3) is 0 Å². The summed E-state index contributed by atoms with van der Waals surface area (Å²) in [5.74, 6) is 1.07. The monoisotopic (exact) mass is 492 g/mol. The third kappa shape index (κ3) is 5.36. The molecule has 27 heavy (non-hydrogen) atoms. The fourth-order valence-electron chi connectivity index (χ4n) is 3.10. The summed E-state index contributed by atoms with van der Waals surface area (Å²) in [6, 6.07) is 9.19. The maximum Gasteiger partial charge on any atom is 0.151 e. The van der Waals surface area contributed by atoms with Gasteiger partial charge in [0.2, 0.25) is 0 Å². The second-order valence-electron chi connectivity index (χ2n) is 6.38. The Bertz CT molecular complexity index is 903. The molecule has 0 aliphatic carbocycles. The molecule has 1 N–H and O–H groups in total. The van der Waals surface area contributed by atoms with E-state index in [0.29, 0.717) is 6.54 Å². The van der Waals surface area contributed by atoms with Crippen molar-refractivity contribution >= 4 is 11.5 Å². The van der Waals surface area contributed by atoms with Crippen LogP contribution in [0, 0.1) is 54.8 Å². The summed E-state index contributed by atoms with van der Waals surface area (Å²) in [6.07, 6.45) is 6.45. The zero-order valence-electron chi connectivity index (χ0n) is 16.0. The molecule has 1 radical (unpaired) electrons. The van der Waals surface area contributed by atoms with E-state index in [0.717, 1.165) is 55.1 Å². The Kier molecular flexibility index (Phi) is 8.38. The molecule has 141 valence electrons. The van der Waals surface area contributed by atoms with Gasteiger partial charge >= 0.3 is 0 Å². The van der Waals surface area contributed by atoms with Gasteiger partial charge in [-0.15, -0.1) is 6.20 Å². The van der Waals surface area contributed by atoms with Crippen molar-refractivity contribution in [3.8, 4) is 0 Å². The zero-order chi connectivity index (χ0) is 17.1. The summed E-state index contributed by atoms with van der Waals surface area (Å²) < 4.78 is 1.80. The number of hydrogen-bond donors (Lipinski definition) is 1. The van der Waals surface area contributed by atoms with Gasteiger partial charge < -0.3 is 28.3 Å². The summed E-state index contributed by atoms with van der Waals surface area (Å²) in [7, 11) is 2.18. The van der Waals surface area contributed by atoms with Crippen LogP contribution in [0.15, 0.2) is 41.8 Å². The van der Waals surface area contributed by atoms with Gasteiger partial charge in [0.1, 0.15) is 5.82 Å². The van der Waals surface area contributed by atoms with Gasteiger partial charge in [-0.3, -0.25) is 9.98 Å². The number of anilines is 1. The largest absolute Gasteiger partial charge is 0.406 e. The first-order chi connectivity index (χ1) is 12.3. The van der Waals surface area contributed by atoms with Crippen molar-refractivity contribution in [1.29, 1.82) is 0 Å². The molecule has 0 unspecified atom stereocenters. The molecule has 4 heterocycles. The number of aromatic nitrogens is 4. The molecule has 1 aliphatic heterocycles. The summed E-state index contributed by atoms with van der Waals surface area (Å²) in [5.41, 5.74) is 2.74. The van der Waals surface area contributed by atoms with Gasteiger partial charge in [-0.1, -0.05) is 6.07 Å². The van der Waals surface area contributed by atoms with Crippen LogP contribution in [0.2, 0.25) is 0 Å². The topological polar surface area (TPSA) is 64.8 Å². The second-order valence-corrected chi connectivity index (χ2v) is 6.38. The number of H-pyrrole nitrogens is 1. The number of rotatable bonds is 3. The quantitative estimate of drug-likeness (QED) is 0.564. The Balaban J connectivity index is 0.00000131. The van der Waals surface area contributed by atoms with Crippen LogP contribution in [0.3, 0.4) is 0 Å². The van der Waals surface area contributed by atoms with Crippen molar-refractivity contribution in [2.24, 2.45) is 4.99 Å². The van der Waals surface area contributed by atoms with E-state index >= 15 is 0 Å². The van der Waals surface area contributed by atoms with E-state index in [1.165, 1.54) is 0 Å². The molecule has 0 spiro atoms. The predicted octanol–water partition coefficient (Wildman–Crippen LogP) is 1.55. The number of pyridine rings is 1. The number of aromatic amines is 1. The van der Waals surface area contributed by atoms with Crippen LogP contribution in [-0.4, -0.2) is 57.7 Å². The minimum atomic E-state index is 0. The fraction of sp³-hybridized carbons (Fsp3) is 0.368. The molecule has 0 atom stereocenters. The van der Waals surface area contributed by atoms with Gasteiger partial charge in [0.15, 0.2) is 5.49 Å². The molecule has 0 saturated carbocycles. The van der Waals surface area contributed by atoms with Crippen LogP contribution in [0.25, 0.3) is 5.65 Å². The van der Waals surface area contributed by atoms with E-state index in [1.54, 1.807) is 16.9 Å². The fourth-order valence-corrected chi connectivity index (χ4v) is 3.10. The Morgan fingerprint density at radius 3 is 2.96 bits per heavy atom. The van der Waals surface area contributed by atoms with Crippen molar-refractivity contribution in [3.05, 3.63) is 61.3 Å². The molecule has 8 heteroatoms. The van der Waals surface area contributed by atoms with E-state index in [-0.39, 0.29) is 48.7 Å². The standard InChI is InChI=1S/C18H22N7.CH3.Pr/c1-23-8-3-9-24(11-10-23)18-12-17(25-16(22-18)5-7-21-25)20-14-15-4-2-6-19-13-15;;/h2,4,6-7,12-13,22H,3,8-11,14H2,1H3;1H3;/q2*-1;. The molecule has 0 bridgehead atoms. The van der Waals surface area contributed by atoms with Gasteiger partial charge in [-0.25, -0.2) is 9.61 Å². The molecule has 3 aromatic heterocycles. The molecule has 4 rings (SSSR count). The summed E-state index contributed by atoms with van der Waals surface area (Å²) >= 11 is 0. The van der Waals surface area contributed by atoms with Crippen molar-refractivity contribution in [1.82, 2.24) is 24.5 Å². The number of likely N-dealkylation sites (N-methyl/N-ethyl adjacent to an activating group) is 1. The van der Waals surface area contributed by atoms with Crippen molar-refractivity contribution in [3.63, 3.8) is 0 Å². The van der Waals surface area contributed by atoms with Crippen LogP contribution in [0.1, 0.15) is 12.0 Å². The molecule has 3 aromatic rings. The van der Waals surface area contributed by atoms with E-state index in [2.05, 4.69) is 44.0 Å². The minimum Gasteiger partial charge on any atom is -0.406 e. The second kappa shape index (κ2) is 10.3. The maximum absolute atomic E-state index is 4.75. The Labute approximate surface area is 193 Å². The first-order valence-corrected chi connectivity index (χ1v) is 8.61. The van der Waals surface area contributed by atoms with Crippen LogP contribution >= 0.6 is 0 Å². The van der Waals surface area contributed by atoms with Crippen LogP contribution in [0.4, 0.5) is 5.82 Å². The van der Waals surface area contributed by atoms with Gasteiger partial charge in [0, 0.05) is 79.4 Å².